The standard InChI is InChI=1S/C21H24N2O3/c1-15(23-10-9-18(23)13-16-5-3-2-4-6-16)21(24)22-17-7-8-19-20(14-17)26-12-11-25-19/h2-8,14-15,18H,9-13H2,1H3,(H,22,24). The Kier molecular flexibility index (Phi) is 4.80. The molecule has 2 aliphatic rings. The molecule has 5 heteroatoms. The van der Waals surface area contributed by atoms with Crippen LogP contribution in [0.15, 0.2) is 48.5 Å². The van der Waals surface area contributed by atoms with Crippen LogP contribution in [0.2, 0.25) is 0 Å². The van der Waals surface area contributed by atoms with Crippen molar-refractivity contribution in [1.29, 1.82) is 0 Å². The minimum atomic E-state index is -0.161. The molecule has 5 nitrogen and oxygen atoms in total. The van der Waals surface area contributed by atoms with Gasteiger partial charge in [-0.2, -0.15) is 0 Å². The van der Waals surface area contributed by atoms with Gasteiger partial charge in [-0.25, -0.2) is 0 Å². The molecule has 2 unspecified atom stereocenters. The second-order valence-electron chi connectivity index (χ2n) is 6.89. The highest BCUT2D eigenvalue weighted by molar-refractivity contribution is 5.95. The maximum atomic E-state index is 12.7. The number of amides is 1. The third-order valence-corrected chi connectivity index (χ3v) is 5.19. The molecule has 0 radical (unpaired) electrons. The molecule has 136 valence electrons. The lowest BCUT2D eigenvalue weighted by atomic mass is 9.93. The van der Waals surface area contributed by atoms with Crippen molar-refractivity contribution >= 4 is 11.6 Å². The normalized spacial score (nSPS) is 20.1. The Balaban J connectivity index is 1.37. The summed E-state index contributed by atoms with van der Waals surface area (Å²) in [6.45, 7) is 4.04. The molecule has 2 atom stereocenters. The zero-order valence-corrected chi connectivity index (χ0v) is 15.0. The van der Waals surface area contributed by atoms with E-state index < -0.39 is 0 Å². The van der Waals surface area contributed by atoms with Gasteiger partial charge in [0, 0.05) is 24.3 Å². The summed E-state index contributed by atoms with van der Waals surface area (Å²) in [6, 6.07) is 16.3. The number of ether oxygens (including phenoxy) is 2. The van der Waals surface area contributed by atoms with Crippen LogP contribution in [0.1, 0.15) is 18.9 Å². The number of likely N-dealkylation sites (tertiary alicyclic amines) is 1. The number of fused-ring (bicyclic) bond motifs is 1. The number of nitrogens with one attached hydrogen (secondary N) is 1. The van der Waals surface area contributed by atoms with Gasteiger partial charge >= 0.3 is 0 Å². The van der Waals surface area contributed by atoms with Gasteiger partial charge in [0.1, 0.15) is 13.2 Å². The highest BCUT2D eigenvalue weighted by Gasteiger charge is 2.35. The van der Waals surface area contributed by atoms with Crippen molar-refractivity contribution in [3.8, 4) is 11.5 Å². The van der Waals surface area contributed by atoms with Crippen LogP contribution in [-0.2, 0) is 11.2 Å². The Hall–Kier alpha value is -2.53. The zero-order chi connectivity index (χ0) is 17.9. The predicted molar refractivity (Wildman–Crippen MR) is 101 cm³/mol. The summed E-state index contributed by atoms with van der Waals surface area (Å²) in [7, 11) is 0. The first kappa shape index (κ1) is 16.9. The fraction of sp³-hybridized carbons (Fsp3) is 0.381. The molecule has 1 fully saturated rings. The average Bonchev–Trinajstić information content (AvgIpc) is 2.66. The SMILES string of the molecule is CC(C(=O)Nc1ccc2c(c1)OCCO2)N1CCC1Cc1ccccc1. The molecule has 4 rings (SSSR count). The molecule has 2 aromatic carbocycles. The molecule has 0 aliphatic carbocycles. The van der Waals surface area contributed by atoms with Crippen LogP contribution in [0.5, 0.6) is 11.5 Å². The molecule has 26 heavy (non-hydrogen) atoms. The molecule has 2 heterocycles. The number of rotatable bonds is 5. The highest BCUT2D eigenvalue weighted by Crippen LogP contribution is 2.33. The van der Waals surface area contributed by atoms with Crippen LogP contribution < -0.4 is 14.8 Å². The van der Waals surface area contributed by atoms with E-state index in [0.29, 0.717) is 25.0 Å². The van der Waals surface area contributed by atoms with Crippen LogP contribution in [0.4, 0.5) is 5.69 Å². The van der Waals surface area contributed by atoms with E-state index in [1.165, 1.54) is 5.56 Å². The van der Waals surface area contributed by atoms with E-state index in [1.54, 1.807) is 0 Å². The molecule has 0 aromatic heterocycles. The topological polar surface area (TPSA) is 50.8 Å². The summed E-state index contributed by atoms with van der Waals surface area (Å²) < 4.78 is 11.1. The largest absolute Gasteiger partial charge is 0.486 e. The molecule has 2 aliphatic heterocycles. The zero-order valence-electron chi connectivity index (χ0n) is 15.0. The van der Waals surface area contributed by atoms with Crippen LogP contribution in [0.25, 0.3) is 0 Å². The van der Waals surface area contributed by atoms with Crippen LogP contribution >= 0.6 is 0 Å². The minimum absolute atomic E-state index is 0.0134. The lowest BCUT2D eigenvalue weighted by molar-refractivity contribution is -0.124. The van der Waals surface area contributed by atoms with Gasteiger partial charge < -0.3 is 14.8 Å². The van der Waals surface area contributed by atoms with Crippen molar-refractivity contribution in [3.63, 3.8) is 0 Å². The van der Waals surface area contributed by atoms with Gasteiger partial charge in [0.25, 0.3) is 0 Å². The Morgan fingerprint density at radius 1 is 1.15 bits per heavy atom. The van der Waals surface area contributed by atoms with Crippen molar-refractivity contribution in [2.75, 3.05) is 25.1 Å². The summed E-state index contributed by atoms with van der Waals surface area (Å²) in [5.74, 6) is 1.43. The molecule has 0 saturated carbocycles. The van der Waals surface area contributed by atoms with E-state index in [0.717, 1.165) is 30.8 Å². The number of nitrogens with zero attached hydrogens (tertiary/aromatic N) is 1. The quantitative estimate of drug-likeness (QED) is 0.898. The van der Waals surface area contributed by atoms with Gasteiger partial charge in [0.2, 0.25) is 5.91 Å². The van der Waals surface area contributed by atoms with E-state index in [-0.39, 0.29) is 11.9 Å². The lowest BCUT2D eigenvalue weighted by Crippen LogP contribution is -2.56. The number of anilines is 1. The van der Waals surface area contributed by atoms with Crippen molar-refractivity contribution in [3.05, 3.63) is 54.1 Å². The predicted octanol–water partition coefficient (Wildman–Crippen LogP) is 3.10. The number of hydrogen-bond acceptors (Lipinski definition) is 4. The van der Waals surface area contributed by atoms with Crippen molar-refractivity contribution in [2.45, 2.75) is 31.8 Å². The number of carbonyl (C=O) groups is 1. The number of carbonyl (C=O) groups excluding carboxylic acids is 1. The summed E-state index contributed by atoms with van der Waals surface area (Å²) in [5, 5.41) is 3.01. The van der Waals surface area contributed by atoms with Gasteiger partial charge in [-0.3, -0.25) is 9.69 Å². The molecule has 1 amide bonds. The summed E-state index contributed by atoms with van der Waals surface area (Å²) in [4.78, 5) is 15.0. The maximum absolute atomic E-state index is 12.7. The molecular weight excluding hydrogens is 328 g/mol. The minimum Gasteiger partial charge on any atom is -0.486 e. The second kappa shape index (κ2) is 7.38. The molecule has 0 bridgehead atoms. The van der Waals surface area contributed by atoms with Crippen molar-refractivity contribution in [2.24, 2.45) is 0 Å². The van der Waals surface area contributed by atoms with E-state index in [4.69, 9.17) is 9.47 Å². The van der Waals surface area contributed by atoms with Gasteiger partial charge in [0.05, 0.1) is 6.04 Å². The Morgan fingerprint density at radius 3 is 2.65 bits per heavy atom. The summed E-state index contributed by atoms with van der Waals surface area (Å²) in [6.07, 6.45) is 2.12. The van der Waals surface area contributed by atoms with E-state index in [9.17, 15) is 4.79 Å². The van der Waals surface area contributed by atoms with Crippen molar-refractivity contribution < 1.29 is 14.3 Å². The third-order valence-electron chi connectivity index (χ3n) is 5.19. The van der Waals surface area contributed by atoms with Gasteiger partial charge in [-0.05, 0) is 37.5 Å². The first-order chi connectivity index (χ1) is 12.7. The van der Waals surface area contributed by atoms with E-state index in [2.05, 4.69) is 34.5 Å². The third kappa shape index (κ3) is 3.53. The van der Waals surface area contributed by atoms with Gasteiger partial charge in [0.15, 0.2) is 11.5 Å². The van der Waals surface area contributed by atoms with Gasteiger partial charge in [-0.15, -0.1) is 0 Å². The Bertz CT molecular complexity index is 778. The van der Waals surface area contributed by atoms with Crippen molar-refractivity contribution in [1.82, 2.24) is 4.90 Å². The number of benzene rings is 2. The fourth-order valence-corrected chi connectivity index (χ4v) is 3.59. The van der Waals surface area contributed by atoms with E-state index >= 15 is 0 Å². The van der Waals surface area contributed by atoms with E-state index in [1.807, 2.05) is 31.2 Å². The highest BCUT2D eigenvalue weighted by atomic mass is 16.6. The smallest absolute Gasteiger partial charge is 0.241 e. The van der Waals surface area contributed by atoms with Crippen LogP contribution in [-0.4, -0.2) is 42.6 Å². The number of hydrogen-bond donors (Lipinski definition) is 1. The summed E-state index contributed by atoms with van der Waals surface area (Å²) in [5.41, 5.74) is 2.06. The molecular formula is C21H24N2O3. The molecule has 1 N–H and O–H groups in total. The van der Waals surface area contributed by atoms with Gasteiger partial charge in [-0.1, -0.05) is 30.3 Å². The summed E-state index contributed by atoms with van der Waals surface area (Å²) >= 11 is 0. The molecule has 2 aromatic rings. The van der Waals surface area contributed by atoms with Crippen LogP contribution in [0, 0.1) is 0 Å². The Morgan fingerprint density at radius 2 is 1.92 bits per heavy atom. The average molecular weight is 352 g/mol. The maximum Gasteiger partial charge on any atom is 0.241 e. The monoisotopic (exact) mass is 352 g/mol. The first-order valence-corrected chi connectivity index (χ1v) is 9.21. The molecule has 0 spiro atoms. The first-order valence-electron chi connectivity index (χ1n) is 9.21. The lowest BCUT2D eigenvalue weighted by Gasteiger charge is -2.44. The Labute approximate surface area is 153 Å². The van der Waals surface area contributed by atoms with Crippen LogP contribution in [0.3, 0.4) is 0 Å². The fourth-order valence-electron chi connectivity index (χ4n) is 3.59. The molecule has 1 saturated heterocycles. The second-order valence-corrected chi connectivity index (χ2v) is 6.89.